The predicted octanol–water partition coefficient (Wildman–Crippen LogP) is 2.50. The summed E-state index contributed by atoms with van der Waals surface area (Å²) in [4.78, 5) is 0. The maximum atomic E-state index is 4.11. The normalized spacial score (nSPS) is 10.6. The van der Waals surface area contributed by atoms with Gasteiger partial charge in [-0.25, -0.2) is 0 Å². The number of rotatable bonds is 6. The highest BCUT2D eigenvalue weighted by atomic mass is 32.2. The summed E-state index contributed by atoms with van der Waals surface area (Å²) >= 11 is 4.59. The zero-order valence-electron chi connectivity index (χ0n) is 8.71. The van der Waals surface area contributed by atoms with Crippen molar-refractivity contribution in [1.82, 2.24) is 19.8 Å². The van der Waals surface area contributed by atoms with Crippen molar-refractivity contribution in [3.8, 4) is 0 Å². The maximum Gasteiger partial charge on any atom is 0.174 e. The molecule has 0 radical (unpaired) electrons. The lowest BCUT2D eigenvalue weighted by molar-refractivity contribution is 0.975. The fraction of sp³-hybridized carbons (Fsp3) is 0.500. The van der Waals surface area contributed by atoms with E-state index in [1.807, 2.05) is 0 Å². The zero-order chi connectivity index (χ0) is 11.2. The van der Waals surface area contributed by atoms with Gasteiger partial charge >= 0.3 is 0 Å². The maximum absolute atomic E-state index is 4.11. The molecule has 0 aliphatic rings. The van der Waals surface area contributed by atoms with Crippen molar-refractivity contribution in [3.63, 3.8) is 0 Å². The first kappa shape index (κ1) is 11.7. The van der Waals surface area contributed by atoms with Crippen LogP contribution >= 0.6 is 34.6 Å². The van der Waals surface area contributed by atoms with Gasteiger partial charge in [0, 0.05) is 23.8 Å². The molecule has 2 heterocycles. The van der Waals surface area contributed by atoms with Gasteiger partial charge in [0.15, 0.2) is 4.34 Å². The quantitative estimate of drug-likeness (QED) is 0.816. The molecule has 0 spiro atoms. The van der Waals surface area contributed by atoms with Crippen LogP contribution in [0, 0.1) is 0 Å². The molecule has 0 saturated heterocycles. The average Bonchev–Trinajstić information content (AvgIpc) is 2.94. The van der Waals surface area contributed by atoms with Gasteiger partial charge in [-0.05, 0) is 6.42 Å². The molecule has 0 atom stereocenters. The second kappa shape index (κ2) is 6.12. The number of hydrogen-bond donors (Lipinski definition) is 1. The molecule has 0 aliphatic heterocycles. The van der Waals surface area contributed by atoms with E-state index in [4.69, 9.17) is 0 Å². The number of thioether (sulfide) groups is 1. The van der Waals surface area contributed by atoms with Crippen LogP contribution in [0.5, 0.6) is 0 Å². The molecule has 2 aromatic rings. The second-order valence-corrected chi connectivity index (χ2v) is 5.78. The molecule has 1 N–H and O–H groups in total. The molecule has 0 aromatic carbocycles. The summed E-state index contributed by atoms with van der Waals surface area (Å²) in [5.41, 5.74) is 2.73. The van der Waals surface area contributed by atoms with Crippen molar-refractivity contribution in [2.45, 2.75) is 23.4 Å². The largest absolute Gasteiger partial charge is 0.374 e. The minimum absolute atomic E-state index is 0.789. The summed E-state index contributed by atoms with van der Waals surface area (Å²) in [7, 11) is 0. The van der Waals surface area contributed by atoms with E-state index in [0.717, 1.165) is 33.8 Å². The number of nitrogens with zero attached hydrogens (tertiary/aromatic N) is 4. The van der Waals surface area contributed by atoms with E-state index in [1.54, 1.807) is 28.6 Å². The van der Waals surface area contributed by atoms with Crippen LogP contribution in [0.25, 0.3) is 0 Å². The predicted molar refractivity (Wildman–Crippen MR) is 68.2 cm³/mol. The smallest absolute Gasteiger partial charge is 0.174 e. The molecular weight excluding hydrogens is 262 g/mol. The molecule has 2 rings (SSSR count). The van der Waals surface area contributed by atoms with E-state index in [0.29, 0.717) is 0 Å². The molecule has 2 aromatic heterocycles. The van der Waals surface area contributed by atoms with Gasteiger partial charge in [0.1, 0.15) is 16.2 Å². The van der Waals surface area contributed by atoms with E-state index in [2.05, 4.69) is 32.0 Å². The van der Waals surface area contributed by atoms with Gasteiger partial charge < -0.3 is 5.32 Å². The molecule has 0 aliphatic carbocycles. The number of aromatic nitrogens is 4. The summed E-state index contributed by atoms with van der Waals surface area (Å²) < 4.78 is 4.93. The Morgan fingerprint density at radius 2 is 2.38 bits per heavy atom. The van der Waals surface area contributed by atoms with Gasteiger partial charge in [-0.15, -0.1) is 15.3 Å². The van der Waals surface area contributed by atoms with Crippen molar-refractivity contribution < 1.29 is 0 Å². The average molecular weight is 273 g/mol. The summed E-state index contributed by atoms with van der Waals surface area (Å²) in [5.74, 6) is 0.789. The van der Waals surface area contributed by atoms with E-state index >= 15 is 0 Å². The van der Waals surface area contributed by atoms with Gasteiger partial charge in [-0.1, -0.05) is 34.5 Å². The van der Waals surface area contributed by atoms with Crippen LogP contribution in [0.3, 0.4) is 0 Å². The fourth-order valence-corrected chi connectivity index (χ4v) is 3.15. The lowest BCUT2D eigenvalue weighted by Gasteiger charge is -2.01. The number of anilines is 1. The highest BCUT2D eigenvalue weighted by Crippen LogP contribution is 2.27. The van der Waals surface area contributed by atoms with Crippen molar-refractivity contribution in [3.05, 3.63) is 11.2 Å². The molecule has 8 heteroatoms. The molecule has 5 nitrogen and oxygen atoms in total. The van der Waals surface area contributed by atoms with Crippen LogP contribution in [-0.2, 0) is 5.75 Å². The summed E-state index contributed by atoms with van der Waals surface area (Å²) in [6.07, 6.45) is 1.10. The molecule has 0 amide bonds. The fourth-order valence-electron chi connectivity index (χ4n) is 1.03. The second-order valence-electron chi connectivity index (χ2n) is 2.97. The summed E-state index contributed by atoms with van der Waals surface area (Å²) in [6.45, 7) is 3.09. The molecule has 86 valence electrons. The van der Waals surface area contributed by atoms with Crippen molar-refractivity contribution >= 4 is 39.6 Å². The van der Waals surface area contributed by atoms with Crippen molar-refractivity contribution in [2.75, 3.05) is 11.9 Å². The highest BCUT2D eigenvalue weighted by molar-refractivity contribution is 8.00. The first-order chi connectivity index (χ1) is 7.90. The third-order valence-corrected chi connectivity index (χ3v) is 4.36. The molecule has 0 bridgehead atoms. The van der Waals surface area contributed by atoms with E-state index < -0.39 is 0 Å². The van der Waals surface area contributed by atoms with Crippen LogP contribution in [0.2, 0.25) is 0 Å². The third-order valence-electron chi connectivity index (χ3n) is 1.76. The lowest BCUT2D eigenvalue weighted by Crippen LogP contribution is -2.00. The number of hydrogen-bond acceptors (Lipinski definition) is 8. The standard InChI is InChI=1S/C8H11N5S3/c1-2-3-9-7-6(11-13-16-7)4-14-8-12-10-5-15-8/h5,9H,2-4H2,1H3. The third kappa shape index (κ3) is 3.13. The minimum Gasteiger partial charge on any atom is -0.374 e. The van der Waals surface area contributed by atoms with Gasteiger partial charge in [-0.2, -0.15) is 0 Å². The Hall–Kier alpha value is -0.730. The van der Waals surface area contributed by atoms with Crippen LogP contribution in [0.1, 0.15) is 19.0 Å². The van der Waals surface area contributed by atoms with Gasteiger partial charge in [-0.3, -0.25) is 0 Å². The topological polar surface area (TPSA) is 63.6 Å². The SMILES string of the molecule is CCCNc1snnc1CSc1nncs1. The molecular formula is C8H11N5S3. The summed E-state index contributed by atoms with van der Waals surface area (Å²) in [5, 5.41) is 16.3. The number of nitrogens with one attached hydrogen (secondary N) is 1. The van der Waals surface area contributed by atoms with E-state index in [1.165, 1.54) is 11.5 Å². The van der Waals surface area contributed by atoms with Gasteiger partial charge in [0.25, 0.3) is 0 Å². The van der Waals surface area contributed by atoms with Crippen LogP contribution < -0.4 is 5.32 Å². The molecule has 16 heavy (non-hydrogen) atoms. The van der Waals surface area contributed by atoms with Crippen molar-refractivity contribution in [1.29, 1.82) is 0 Å². The molecule has 0 unspecified atom stereocenters. The van der Waals surface area contributed by atoms with Gasteiger partial charge in [0.2, 0.25) is 0 Å². The molecule has 0 fully saturated rings. The van der Waals surface area contributed by atoms with E-state index in [9.17, 15) is 0 Å². The van der Waals surface area contributed by atoms with Gasteiger partial charge in [0.05, 0.1) is 0 Å². The van der Waals surface area contributed by atoms with Crippen LogP contribution in [0.4, 0.5) is 5.00 Å². The Bertz CT molecular complexity index is 413. The van der Waals surface area contributed by atoms with Crippen LogP contribution in [0.15, 0.2) is 9.85 Å². The van der Waals surface area contributed by atoms with Crippen molar-refractivity contribution in [2.24, 2.45) is 0 Å². The Balaban J connectivity index is 1.91. The molecule has 0 saturated carbocycles. The first-order valence-corrected chi connectivity index (χ1v) is 7.48. The first-order valence-electron chi connectivity index (χ1n) is 4.84. The zero-order valence-corrected chi connectivity index (χ0v) is 11.2. The van der Waals surface area contributed by atoms with Crippen LogP contribution in [-0.4, -0.2) is 26.3 Å². The Morgan fingerprint density at radius 3 is 3.12 bits per heavy atom. The summed E-state index contributed by atoms with van der Waals surface area (Å²) in [6, 6.07) is 0. The highest BCUT2D eigenvalue weighted by Gasteiger charge is 2.08. The Kier molecular flexibility index (Phi) is 4.49. The van der Waals surface area contributed by atoms with E-state index in [-0.39, 0.29) is 0 Å². The monoisotopic (exact) mass is 273 g/mol. The minimum atomic E-state index is 0.789. The Morgan fingerprint density at radius 1 is 1.44 bits per heavy atom. The Labute approximate surface area is 106 Å². The lowest BCUT2D eigenvalue weighted by atomic mass is 10.4.